The van der Waals surface area contributed by atoms with Gasteiger partial charge in [-0.3, -0.25) is 34.7 Å². The van der Waals surface area contributed by atoms with Crippen molar-refractivity contribution < 1.29 is 24.1 Å². The first-order chi connectivity index (χ1) is 19.0. The molecule has 2 rings (SSSR count). The summed E-state index contributed by atoms with van der Waals surface area (Å²) in [5.74, 6) is -2.73. The number of amides is 4. The third kappa shape index (κ3) is 10.4. The Morgan fingerprint density at radius 3 is 2.17 bits per heavy atom. The van der Waals surface area contributed by atoms with Crippen molar-refractivity contribution in [3.05, 3.63) is 70.3 Å². The second kappa shape index (κ2) is 15.4. The fraction of sp³-hybridized carbons (Fsp3) is 0.346. The zero-order valence-electron chi connectivity index (χ0n) is 22.2. The number of benzene rings is 2. The highest BCUT2D eigenvalue weighted by molar-refractivity contribution is 5.99. The average Bonchev–Trinajstić information content (AvgIpc) is 2.92. The van der Waals surface area contributed by atoms with E-state index in [1.165, 1.54) is 24.3 Å². The lowest BCUT2D eigenvalue weighted by atomic mass is 10.0. The molecule has 4 amide bonds. The van der Waals surface area contributed by atoms with Gasteiger partial charge in [-0.15, -0.1) is 0 Å². The Morgan fingerprint density at radius 2 is 1.60 bits per heavy atom. The van der Waals surface area contributed by atoms with Crippen LogP contribution in [-0.2, 0) is 14.4 Å². The van der Waals surface area contributed by atoms with Crippen LogP contribution in [0.25, 0.3) is 0 Å². The molecular formula is C26H34N8O6. The van der Waals surface area contributed by atoms with Crippen molar-refractivity contribution in [2.24, 2.45) is 11.7 Å². The summed E-state index contributed by atoms with van der Waals surface area (Å²) < 4.78 is 0. The molecule has 0 aliphatic rings. The van der Waals surface area contributed by atoms with Crippen molar-refractivity contribution in [3.63, 3.8) is 0 Å². The van der Waals surface area contributed by atoms with Gasteiger partial charge < -0.3 is 32.3 Å². The smallest absolute Gasteiger partial charge is 0.269 e. The van der Waals surface area contributed by atoms with Gasteiger partial charge in [0.25, 0.3) is 11.6 Å². The van der Waals surface area contributed by atoms with Crippen LogP contribution in [0, 0.1) is 21.4 Å². The largest absolute Gasteiger partial charge is 0.370 e. The summed E-state index contributed by atoms with van der Waals surface area (Å²) in [6.07, 6.45) is 0.534. The maximum absolute atomic E-state index is 12.9. The number of nitro benzene ring substituents is 1. The van der Waals surface area contributed by atoms with Crippen LogP contribution in [0.3, 0.4) is 0 Å². The molecule has 14 heteroatoms. The molecule has 0 bridgehead atoms. The second-order valence-electron chi connectivity index (χ2n) is 9.17. The standard InChI is InChI=1S/C26H34N8O6/c1-16(2)22(33-23(36)17-7-4-3-5-8-17)25(38)30-15-21(35)32-20(9-6-14-29-26(27)28)24(37)31-18-10-12-19(13-11-18)34(39)40/h3-5,7-8,10-13,16,20,22H,6,9,14-15H2,1-2H3,(H,30,38)(H,31,37)(H,32,35)(H,33,36)(H4,27,28,29)/t20-,22-/m0/s1. The number of non-ortho nitro benzene ring substituents is 1. The van der Waals surface area contributed by atoms with Gasteiger partial charge >= 0.3 is 0 Å². The fourth-order valence-corrected chi connectivity index (χ4v) is 3.57. The van der Waals surface area contributed by atoms with E-state index in [1.807, 2.05) is 0 Å². The van der Waals surface area contributed by atoms with Crippen molar-refractivity contribution in [3.8, 4) is 0 Å². The molecule has 0 aliphatic heterocycles. The van der Waals surface area contributed by atoms with E-state index >= 15 is 0 Å². The molecule has 8 N–H and O–H groups in total. The highest BCUT2D eigenvalue weighted by Crippen LogP contribution is 2.16. The number of hydrogen-bond acceptors (Lipinski definition) is 7. The monoisotopic (exact) mass is 554 g/mol. The van der Waals surface area contributed by atoms with Gasteiger partial charge in [-0.2, -0.15) is 0 Å². The number of guanidine groups is 1. The molecule has 0 unspecified atom stereocenters. The van der Waals surface area contributed by atoms with Crippen molar-refractivity contribution in [1.82, 2.24) is 21.3 Å². The minimum atomic E-state index is -1.02. The van der Waals surface area contributed by atoms with Gasteiger partial charge in [-0.1, -0.05) is 32.0 Å². The molecule has 0 fully saturated rings. The maximum atomic E-state index is 12.9. The van der Waals surface area contributed by atoms with Crippen LogP contribution in [0.4, 0.5) is 11.4 Å². The summed E-state index contributed by atoms with van der Waals surface area (Å²) in [5.41, 5.74) is 5.81. The van der Waals surface area contributed by atoms with Gasteiger partial charge in [0, 0.05) is 29.9 Å². The number of nitro groups is 1. The fourth-order valence-electron chi connectivity index (χ4n) is 3.57. The molecular weight excluding hydrogens is 520 g/mol. The van der Waals surface area contributed by atoms with E-state index in [4.69, 9.17) is 11.1 Å². The predicted molar refractivity (Wildman–Crippen MR) is 148 cm³/mol. The van der Waals surface area contributed by atoms with Crippen LogP contribution in [0.1, 0.15) is 37.0 Å². The first-order valence-corrected chi connectivity index (χ1v) is 12.5. The molecule has 0 saturated heterocycles. The van der Waals surface area contributed by atoms with Crippen molar-refractivity contribution in [1.29, 1.82) is 5.41 Å². The van der Waals surface area contributed by atoms with Gasteiger partial charge in [-0.25, -0.2) is 0 Å². The zero-order valence-corrected chi connectivity index (χ0v) is 22.2. The van der Waals surface area contributed by atoms with Crippen LogP contribution in [0.2, 0.25) is 0 Å². The molecule has 14 nitrogen and oxygen atoms in total. The first kappa shape index (κ1) is 31.2. The van der Waals surface area contributed by atoms with E-state index in [0.717, 1.165) is 0 Å². The van der Waals surface area contributed by atoms with Crippen molar-refractivity contribution in [2.45, 2.75) is 38.8 Å². The number of carbonyl (C=O) groups excluding carboxylic acids is 4. The van der Waals surface area contributed by atoms with E-state index < -0.39 is 47.2 Å². The van der Waals surface area contributed by atoms with Crippen molar-refractivity contribution in [2.75, 3.05) is 18.4 Å². The molecule has 0 spiro atoms. The maximum Gasteiger partial charge on any atom is 0.269 e. The topological polar surface area (TPSA) is 221 Å². The third-order valence-corrected chi connectivity index (χ3v) is 5.68. The number of carbonyl (C=O) groups is 4. The van der Waals surface area contributed by atoms with E-state index in [9.17, 15) is 29.3 Å². The number of rotatable bonds is 14. The van der Waals surface area contributed by atoms with Crippen LogP contribution < -0.4 is 32.3 Å². The lowest BCUT2D eigenvalue weighted by Gasteiger charge is -2.22. The molecule has 2 aromatic carbocycles. The molecule has 0 radical (unpaired) electrons. The Labute approximate surface area is 231 Å². The van der Waals surface area contributed by atoms with Gasteiger partial charge in [-0.05, 0) is 43.0 Å². The molecule has 0 heterocycles. The summed E-state index contributed by atoms with van der Waals surface area (Å²) in [4.78, 5) is 61.2. The van der Waals surface area contributed by atoms with Gasteiger partial charge in [0.15, 0.2) is 5.96 Å². The lowest BCUT2D eigenvalue weighted by Crippen LogP contribution is -2.53. The first-order valence-electron chi connectivity index (χ1n) is 12.5. The third-order valence-electron chi connectivity index (χ3n) is 5.68. The van der Waals surface area contributed by atoms with E-state index in [1.54, 1.807) is 44.2 Å². The summed E-state index contributed by atoms with van der Waals surface area (Å²) in [5, 5.41) is 31.0. The number of hydrogen-bond donors (Lipinski definition) is 7. The summed E-state index contributed by atoms with van der Waals surface area (Å²) in [6, 6.07) is 11.7. The quantitative estimate of drug-likeness (QED) is 0.0581. The molecule has 0 aromatic heterocycles. The number of nitrogens with one attached hydrogen (secondary N) is 6. The van der Waals surface area contributed by atoms with Gasteiger partial charge in [0.2, 0.25) is 17.7 Å². The highest BCUT2D eigenvalue weighted by atomic mass is 16.6. The Balaban J connectivity index is 1.99. The van der Waals surface area contributed by atoms with E-state index in [0.29, 0.717) is 17.7 Å². The van der Waals surface area contributed by atoms with Gasteiger partial charge in [0.05, 0.1) is 11.5 Å². The second-order valence-corrected chi connectivity index (χ2v) is 9.17. The summed E-state index contributed by atoms with van der Waals surface area (Å²) >= 11 is 0. The Morgan fingerprint density at radius 1 is 0.950 bits per heavy atom. The number of nitrogens with two attached hydrogens (primary N) is 1. The minimum Gasteiger partial charge on any atom is -0.370 e. The Kier molecular flexibility index (Phi) is 12.0. The molecule has 40 heavy (non-hydrogen) atoms. The van der Waals surface area contributed by atoms with Crippen molar-refractivity contribution >= 4 is 41.0 Å². The van der Waals surface area contributed by atoms with E-state index in [2.05, 4.69) is 26.6 Å². The zero-order chi connectivity index (χ0) is 29.7. The molecule has 0 aliphatic carbocycles. The summed E-state index contributed by atoms with van der Waals surface area (Å²) in [7, 11) is 0. The van der Waals surface area contributed by atoms with Crippen LogP contribution in [-0.4, -0.2) is 59.7 Å². The average molecular weight is 555 g/mol. The summed E-state index contributed by atoms with van der Waals surface area (Å²) in [6.45, 7) is 3.34. The number of nitrogens with zero attached hydrogens (tertiary/aromatic N) is 1. The van der Waals surface area contributed by atoms with Crippen LogP contribution in [0.5, 0.6) is 0 Å². The molecule has 2 aromatic rings. The normalized spacial score (nSPS) is 12.0. The lowest BCUT2D eigenvalue weighted by molar-refractivity contribution is -0.384. The Hall–Kier alpha value is -5.01. The SMILES string of the molecule is CC(C)[C@H](NC(=O)c1ccccc1)C(=O)NCC(=O)N[C@@H](CCCNC(=N)N)C(=O)Nc1ccc([N+](=O)[O-])cc1. The predicted octanol–water partition coefficient (Wildman–Crippen LogP) is 0.852. The molecule has 214 valence electrons. The number of anilines is 1. The highest BCUT2D eigenvalue weighted by Gasteiger charge is 2.26. The molecule has 0 saturated carbocycles. The van der Waals surface area contributed by atoms with E-state index in [-0.39, 0.29) is 30.5 Å². The minimum absolute atomic E-state index is 0.145. The van der Waals surface area contributed by atoms with Crippen LogP contribution >= 0.6 is 0 Å². The van der Waals surface area contributed by atoms with Crippen LogP contribution in [0.15, 0.2) is 54.6 Å². The van der Waals surface area contributed by atoms with Gasteiger partial charge in [0.1, 0.15) is 12.1 Å². The molecule has 2 atom stereocenters. The Bertz CT molecular complexity index is 1200.